The molecule has 108 valence electrons. The standard InChI is InChI=1S/C14H17ClN2O2S/c1-16-7-2-5-14(13(16)19)6-8-17(9-14)12(18)10-3-4-11(15)20-10/h3-4H,2,5-9H2,1H3. The van der Waals surface area contributed by atoms with Crippen molar-refractivity contribution < 1.29 is 9.59 Å². The number of amides is 2. The minimum Gasteiger partial charge on any atom is -0.345 e. The topological polar surface area (TPSA) is 40.6 Å². The van der Waals surface area contributed by atoms with Crippen LogP contribution in [-0.4, -0.2) is 48.3 Å². The van der Waals surface area contributed by atoms with Gasteiger partial charge in [-0.1, -0.05) is 11.6 Å². The van der Waals surface area contributed by atoms with Crippen molar-refractivity contribution in [2.45, 2.75) is 19.3 Å². The van der Waals surface area contributed by atoms with Crippen LogP contribution in [-0.2, 0) is 4.79 Å². The van der Waals surface area contributed by atoms with E-state index in [0.717, 1.165) is 25.8 Å². The fourth-order valence-electron chi connectivity index (χ4n) is 3.28. The normalized spacial score (nSPS) is 26.6. The van der Waals surface area contributed by atoms with Gasteiger partial charge in [0, 0.05) is 26.7 Å². The zero-order valence-corrected chi connectivity index (χ0v) is 13.0. The molecule has 4 nitrogen and oxygen atoms in total. The molecule has 0 aromatic carbocycles. The molecular weight excluding hydrogens is 296 g/mol. The van der Waals surface area contributed by atoms with Crippen LogP contribution in [0, 0.1) is 5.41 Å². The molecule has 2 fully saturated rings. The van der Waals surface area contributed by atoms with Gasteiger partial charge in [-0.2, -0.15) is 0 Å². The Kier molecular flexibility index (Phi) is 3.50. The Morgan fingerprint density at radius 2 is 2.15 bits per heavy atom. The highest BCUT2D eigenvalue weighted by Crippen LogP contribution is 2.40. The van der Waals surface area contributed by atoms with Gasteiger partial charge in [-0.25, -0.2) is 0 Å². The number of rotatable bonds is 1. The van der Waals surface area contributed by atoms with E-state index in [4.69, 9.17) is 11.6 Å². The first-order chi connectivity index (χ1) is 9.52. The maximum atomic E-state index is 12.4. The molecule has 1 unspecified atom stereocenters. The second kappa shape index (κ2) is 5.04. The average molecular weight is 313 g/mol. The van der Waals surface area contributed by atoms with E-state index in [0.29, 0.717) is 22.3 Å². The van der Waals surface area contributed by atoms with Crippen LogP contribution in [0.4, 0.5) is 0 Å². The zero-order chi connectivity index (χ0) is 14.3. The molecule has 0 N–H and O–H groups in total. The number of halogens is 1. The molecule has 6 heteroatoms. The van der Waals surface area contributed by atoms with Crippen molar-refractivity contribution in [3.05, 3.63) is 21.3 Å². The molecule has 2 amide bonds. The molecule has 1 aromatic rings. The number of nitrogens with zero attached hydrogens (tertiary/aromatic N) is 2. The average Bonchev–Trinajstić information content (AvgIpc) is 3.03. The third-order valence-corrected chi connectivity index (χ3v) is 5.59. The van der Waals surface area contributed by atoms with Gasteiger partial charge in [-0.05, 0) is 31.4 Å². The predicted molar refractivity (Wildman–Crippen MR) is 79.2 cm³/mol. The van der Waals surface area contributed by atoms with Crippen LogP contribution in [0.15, 0.2) is 12.1 Å². The summed E-state index contributed by atoms with van der Waals surface area (Å²) in [5, 5.41) is 0. The van der Waals surface area contributed by atoms with Gasteiger partial charge in [0.25, 0.3) is 5.91 Å². The molecule has 2 aliphatic rings. The number of hydrogen-bond donors (Lipinski definition) is 0. The largest absolute Gasteiger partial charge is 0.345 e. The summed E-state index contributed by atoms with van der Waals surface area (Å²) < 4.78 is 0.621. The molecule has 0 saturated carbocycles. The van der Waals surface area contributed by atoms with Crippen LogP contribution < -0.4 is 0 Å². The molecular formula is C14H17ClN2O2S. The number of likely N-dealkylation sites (tertiary alicyclic amines) is 2. The van der Waals surface area contributed by atoms with Gasteiger partial charge < -0.3 is 9.80 Å². The lowest BCUT2D eigenvalue weighted by molar-refractivity contribution is -0.143. The van der Waals surface area contributed by atoms with E-state index in [2.05, 4.69) is 0 Å². The second-order valence-electron chi connectivity index (χ2n) is 5.69. The monoisotopic (exact) mass is 312 g/mol. The number of thiophene rings is 1. The molecule has 0 aliphatic carbocycles. The quantitative estimate of drug-likeness (QED) is 0.799. The van der Waals surface area contributed by atoms with Gasteiger partial charge in [-0.15, -0.1) is 11.3 Å². The first-order valence-electron chi connectivity index (χ1n) is 6.82. The number of piperidine rings is 1. The molecule has 1 atom stereocenters. The van der Waals surface area contributed by atoms with Crippen LogP contribution >= 0.6 is 22.9 Å². The van der Waals surface area contributed by atoms with Crippen molar-refractivity contribution in [2.75, 3.05) is 26.7 Å². The lowest BCUT2D eigenvalue weighted by Crippen LogP contribution is -2.48. The van der Waals surface area contributed by atoms with Gasteiger partial charge >= 0.3 is 0 Å². The smallest absolute Gasteiger partial charge is 0.264 e. The van der Waals surface area contributed by atoms with E-state index in [9.17, 15) is 9.59 Å². The molecule has 20 heavy (non-hydrogen) atoms. The zero-order valence-electron chi connectivity index (χ0n) is 11.4. The van der Waals surface area contributed by atoms with Crippen molar-refractivity contribution in [3.8, 4) is 0 Å². The Morgan fingerprint density at radius 3 is 2.85 bits per heavy atom. The van der Waals surface area contributed by atoms with Gasteiger partial charge in [0.2, 0.25) is 5.91 Å². The van der Waals surface area contributed by atoms with Crippen LogP contribution in [0.2, 0.25) is 4.34 Å². The molecule has 0 radical (unpaired) electrons. The van der Waals surface area contributed by atoms with Gasteiger partial charge in [0.05, 0.1) is 14.6 Å². The Hall–Kier alpha value is -1.07. The van der Waals surface area contributed by atoms with Gasteiger partial charge in [0.1, 0.15) is 0 Å². The maximum Gasteiger partial charge on any atom is 0.264 e. The SMILES string of the molecule is CN1CCCC2(CCN(C(=O)c3ccc(Cl)s3)C2)C1=O. The molecule has 2 saturated heterocycles. The molecule has 2 aliphatic heterocycles. The summed E-state index contributed by atoms with van der Waals surface area (Å²) in [5.74, 6) is 0.197. The molecule has 3 heterocycles. The van der Waals surface area contributed by atoms with Crippen LogP contribution in [0.3, 0.4) is 0 Å². The van der Waals surface area contributed by atoms with E-state index < -0.39 is 0 Å². The summed E-state index contributed by atoms with van der Waals surface area (Å²) in [5.41, 5.74) is -0.344. The maximum absolute atomic E-state index is 12.4. The van der Waals surface area contributed by atoms with Crippen molar-refractivity contribution >= 4 is 34.8 Å². The highest BCUT2D eigenvalue weighted by atomic mass is 35.5. The lowest BCUT2D eigenvalue weighted by Gasteiger charge is -2.37. The minimum absolute atomic E-state index is 0.000184. The van der Waals surface area contributed by atoms with Gasteiger partial charge in [0.15, 0.2) is 0 Å². The van der Waals surface area contributed by atoms with E-state index in [-0.39, 0.29) is 17.2 Å². The van der Waals surface area contributed by atoms with E-state index in [1.165, 1.54) is 11.3 Å². The van der Waals surface area contributed by atoms with Crippen molar-refractivity contribution in [3.63, 3.8) is 0 Å². The summed E-state index contributed by atoms with van der Waals surface area (Å²) in [4.78, 5) is 29.1. The molecule has 3 rings (SSSR count). The fraction of sp³-hybridized carbons (Fsp3) is 0.571. The molecule has 0 bridgehead atoms. The summed E-state index contributed by atoms with van der Waals surface area (Å²) in [7, 11) is 1.85. The first kappa shape index (κ1) is 13.9. The number of hydrogen-bond acceptors (Lipinski definition) is 3. The molecule has 1 aromatic heterocycles. The number of carbonyl (C=O) groups excluding carboxylic acids is 2. The van der Waals surface area contributed by atoms with Crippen LogP contribution in [0.25, 0.3) is 0 Å². The third-order valence-electron chi connectivity index (χ3n) is 4.37. The first-order valence-corrected chi connectivity index (χ1v) is 8.01. The van der Waals surface area contributed by atoms with Crippen LogP contribution in [0.5, 0.6) is 0 Å². The van der Waals surface area contributed by atoms with Gasteiger partial charge in [-0.3, -0.25) is 9.59 Å². The Morgan fingerprint density at radius 1 is 1.35 bits per heavy atom. The van der Waals surface area contributed by atoms with E-state index in [1.807, 2.05) is 7.05 Å². The van der Waals surface area contributed by atoms with Crippen molar-refractivity contribution in [1.29, 1.82) is 0 Å². The third kappa shape index (κ3) is 2.23. The Balaban J connectivity index is 1.76. The molecule has 1 spiro atoms. The Labute approximate surface area is 127 Å². The minimum atomic E-state index is -0.344. The second-order valence-corrected chi connectivity index (χ2v) is 7.41. The van der Waals surface area contributed by atoms with Crippen LogP contribution in [0.1, 0.15) is 28.9 Å². The highest BCUT2D eigenvalue weighted by molar-refractivity contribution is 7.17. The lowest BCUT2D eigenvalue weighted by atomic mass is 9.78. The summed E-state index contributed by atoms with van der Waals surface area (Å²) in [6.07, 6.45) is 2.70. The summed E-state index contributed by atoms with van der Waals surface area (Å²) in [6, 6.07) is 3.50. The summed E-state index contributed by atoms with van der Waals surface area (Å²) >= 11 is 7.18. The van der Waals surface area contributed by atoms with E-state index in [1.54, 1.807) is 21.9 Å². The fourth-order valence-corrected chi connectivity index (χ4v) is 4.29. The van der Waals surface area contributed by atoms with E-state index >= 15 is 0 Å². The number of carbonyl (C=O) groups is 2. The van der Waals surface area contributed by atoms with Crippen molar-refractivity contribution in [2.24, 2.45) is 5.41 Å². The van der Waals surface area contributed by atoms with Crippen molar-refractivity contribution in [1.82, 2.24) is 9.80 Å². The Bertz CT molecular complexity index is 559. The predicted octanol–water partition coefficient (Wildman–Crippen LogP) is 2.49. The highest BCUT2D eigenvalue weighted by Gasteiger charge is 2.48. The summed E-state index contributed by atoms with van der Waals surface area (Å²) in [6.45, 7) is 2.04.